The minimum atomic E-state index is -0.851. The Morgan fingerprint density at radius 2 is 1.66 bits per heavy atom. The molecule has 8 heteroatoms. The zero-order chi connectivity index (χ0) is 30.1. The molecule has 1 saturated heterocycles. The summed E-state index contributed by atoms with van der Waals surface area (Å²) < 4.78 is 6.05. The maximum Gasteiger partial charge on any atom is 0.308 e. The van der Waals surface area contributed by atoms with Gasteiger partial charge in [-0.3, -0.25) is 9.59 Å². The van der Waals surface area contributed by atoms with Gasteiger partial charge in [0.15, 0.2) is 0 Å². The van der Waals surface area contributed by atoms with Crippen molar-refractivity contribution in [1.82, 2.24) is 9.80 Å². The summed E-state index contributed by atoms with van der Waals surface area (Å²) >= 11 is 0. The number of aliphatic hydroxyl groups excluding tert-OH is 2. The number of allylic oxidation sites excluding steroid dienone is 2. The van der Waals surface area contributed by atoms with Crippen LogP contribution in [0.1, 0.15) is 79.1 Å². The monoisotopic (exact) mass is 571 g/mol. The number of carbonyl (C=O) groups excluding carboxylic acids is 2. The van der Waals surface area contributed by atoms with E-state index in [1.165, 1.54) is 0 Å². The van der Waals surface area contributed by atoms with Gasteiger partial charge in [0.1, 0.15) is 6.10 Å². The van der Waals surface area contributed by atoms with Crippen LogP contribution in [-0.4, -0.2) is 83.4 Å². The number of nitrogens with zero attached hydrogens (tertiary/aromatic N) is 3. The Bertz CT molecular complexity index is 966. The third-order valence-corrected chi connectivity index (χ3v) is 9.61. The maximum absolute atomic E-state index is 13.6. The molecule has 8 nitrogen and oxygen atoms in total. The van der Waals surface area contributed by atoms with E-state index in [-0.39, 0.29) is 36.0 Å². The number of cyclic esters (lactones) is 1. The molecule has 3 aliphatic rings. The third-order valence-electron chi connectivity index (χ3n) is 9.61. The Morgan fingerprint density at radius 3 is 2.32 bits per heavy atom. The fourth-order valence-corrected chi connectivity index (χ4v) is 7.23. The number of hydrogen-bond donors (Lipinski definition) is 2. The second kappa shape index (κ2) is 15.9. The lowest BCUT2D eigenvalue weighted by atomic mass is 9.82. The average Bonchev–Trinajstić information content (AvgIpc) is 3.41. The highest BCUT2D eigenvalue weighted by atomic mass is 16.5. The van der Waals surface area contributed by atoms with E-state index in [1.54, 1.807) is 12.2 Å². The number of ether oxygens (including phenoxy) is 1. The van der Waals surface area contributed by atoms with E-state index < -0.39 is 24.3 Å². The van der Waals surface area contributed by atoms with Gasteiger partial charge in [0.05, 0.1) is 30.3 Å². The molecule has 0 aromatic carbocycles. The molecule has 2 N–H and O–H groups in total. The van der Waals surface area contributed by atoms with Gasteiger partial charge < -0.3 is 24.7 Å². The van der Waals surface area contributed by atoms with Crippen molar-refractivity contribution in [1.29, 1.82) is 5.26 Å². The predicted molar refractivity (Wildman–Crippen MR) is 159 cm³/mol. The van der Waals surface area contributed by atoms with E-state index in [0.29, 0.717) is 36.9 Å². The number of piperazine rings is 1. The van der Waals surface area contributed by atoms with Crippen LogP contribution in [0.3, 0.4) is 0 Å². The van der Waals surface area contributed by atoms with Crippen molar-refractivity contribution < 1.29 is 24.5 Å². The lowest BCUT2D eigenvalue weighted by Gasteiger charge is -2.36. The maximum atomic E-state index is 13.6. The largest absolute Gasteiger partial charge is 0.462 e. The second-order valence-corrected chi connectivity index (χ2v) is 13.3. The number of carbonyl (C=O) groups is 2. The molecule has 0 radical (unpaired) electrons. The lowest BCUT2D eigenvalue weighted by molar-refractivity contribution is -0.158. The molecule has 3 rings (SSSR count). The van der Waals surface area contributed by atoms with Crippen molar-refractivity contribution >= 4 is 11.9 Å². The van der Waals surface area contributed by atoms with Crippen molar-refractivity contribution in [2.45, 2.75) is 97.4 Å². The lowest BCUT2D eigenvalue weighted by Crippen LogP contribution is -2.50. The minimum Gasteiger partial charge on any atom is -0.462 e. The molecule has 230 valence electrons. The minimum absolute atomic E-state index is 0.0591. The van der Waals surface area contributed by atoms with Crippen LogP contribution in [-0.2, 0) is 14.3 Å². The number of rotatable bonds is 2. The summed E-state index contributed by atoms with van der Waals surface area (Å²) in [7, 11) is 2.07. The number of esters is 1. The number of nitriles is 1. The number of hydrogen-bond acceptors (Lipinski definition) is 7. The van der Waals surface area contributed by atoms with E-state index >= 15 is 0 Å². The first-order valence-corrected chi connectivity index (χ1v) is 15.8. The summed E-state index contributed by atoms with van der Waals surface area (Å²) in [6.07, 6.45) is 8.52. The fraction of sp³-hybridized carbons (Fsp3) is 0.788. The molecule has 0 aromatic rings. The number of amides is 1. The summed E-state index contributed by atoms with van der Waals surface area (Å²) in [6.45, 7) is 11.4. The smallest absolute Gasteiger partial charge is 0.308 e. The van der Waals surface area contributed by atoms with Crippen LogP contribution in [0.15, 0.2) is 23.8 Å². The van der Waals surface area contributed by atoms with Gasteiger partial charge in [0.2, 0.25) is 5.91 Å². The Kier molecular flexibility index (Phi) is 12.9. The molecule has 2 aliphatic heterocycles. The van der Waals surface area contributed by atoms with E-state index in [0.717, 1.165) is 51.6 Å². The number of aliphatic hydroxyl groups is 2. The first-order chi connectivity index (χ1) is 19.5. The molecule has 2 fully saturated rings. The van der Waals surface area contributed by atoms with Crippen LogP contribution in [0.4, 0.5) is 0 Å². The molecule has 1 aliphatic carbocycles. The van der Waals surface area contributed by atoms with Gasteiger partial charge in [0, 0.05) is 44.4 Å². The zero-order valence-corrected chi connectivity index (χ0v) is 25.9. The van der Waals surface area contributed by atoms with Gasteiger partial charge in [-0.2, -0.15) is 5.26 Å². The molecule has 0 bridgehead atoms. The molecular formula is C33H53N3O5. The summed E-state index contributed by atoms with van der Waals surface area (Å²) in [6, 6.07) is 2.17. The quantitative estimate of drug-likeness (QED) is 0.475. The van der Waals surface area contributed by atoms with Crippen LogP contribution < -0.4 is 0 Å². The van der Waals surface area contributed by atoms with E-state index in [9.17, 15) is 25.1 Å². The first-order valence-electron chi connectivity index (χ1n) is 15.8. The van der Waals surface area contributed by atoms with Crippen LogP contribution in [0, 0.1) is 46.8 Å². The molecule has 2 heterocycles. The Hall–Kier alpha value is -2.21. The molecule has 1 saturated carbocycles. The predicted octanol–water partition coefficient (Wildman–Crippen LogP) is 4.32. The van der Waals surface area contributed by atoms with Crippen molar-refractivity contribution in [3.63, 3.8) is 0 Å². The zero-order valence-electron chi connectivity index (χ0n) is 25.9. The normalized spacial score (nSPS) is 39.5. The Labute approximate surface area is 247 Å². The summed E-state index contributed by atoms with van der Waals surface area (Å²) in [5.41, 5.74) is 0.324. The van der Waals surface area contributed by atoms with Gasteiger partial charge in [-0.25, -0.2) is 0 Å². The molecule has 0 unspecified atom stereocenters. The van der Waals surface area contributed by atoms with Crippen molar-refractivity contribution in [3.05, 3.63) is 23.8 Å². The highest BCUT2D eigenvalue weighted by Gasteiger charge is 2.41. The standard InChI is InChI=1S/C33H53N3O5/c1-22-17-23(2)19-25(4)32(39)26(21-34)9-6-7-12-30(41-31(38)20-29(37)24(3)18-22)27-10-8-11-28(27)33(40)36-15-13-35(5)14-16-36/h6-7,9,22-25,27-30,32,37,39H,8,10-20H2,1-5H3/b7-6+,26-9-/t22-,23+,24-,25-,27+,28+,29-,30-,32+/m0/s1. The molecule has 0 aromatic heterocycles. The van der Waals surface area contributed by atoms with Gasteiger partial charge in [-0.15, -0.1) is 0 Å². The summed E-state index contributed by atoms with van der Waals surface area (Å²) in [5, 5.41) is 31.5. The van der Waals surface area contributed by atoms with Gasteiger partial charge in [-0.1, -0.05) is 46.3 Å². The van der Waals surface area contributed by atoms with Crippen molar-refractivity contribution in [2.24, 2.45) is 35.5 Å². The van der Waals surface area contributed by atoms with Crippen molar-refractivity contribution in [2.75, 3.05) is 33.2 Å². The molecule has 9 atom stereocenters. The third kappa shape index (κ3) is 9.66. The van der Waals surface area contributed by atoms with Crippen LogP contribution >= 0.6 is 0 Å². The molecule has 1 amide bonds. The van der Waals surface area contributed by atoms with Gasteiger partial charge in [-0.05, 0) is 68.9 Å². The fourth-order valence-electron chi connectivity index (χ4n) is 7.23. The van der Waals surface area contributed by atoms with E-state index in [4.69, 9.17) is 4.74 Å². The summed E-state index contributed by atoms with van der Waals surface area (Å²) in [5.74, 6) is 0.00999. The molecule has 0 spiro atoms. The Morgan fingerprint density at radius 1 is 1.00 bits per heavy atom. The van der Waals surface area contributed by atoms with Gasteiger partial charge >= 0.3 is 5.97 Å². The molecular weight excluding hydrogens is 518 g/mol. The topological polar surface area (TPSA) is 114 Å². The van der Waals surface area contributed by atoms with Gasteiger partial charge in [0.25, 0.3) is 0 Å². The Balaban J connectivity index is 1.83. The molecule has 41 heavy (non-hydrogen) atoms. The van der Waals surface area contributed by atoms with E-state index in [2.05, 4.69) is 31.9 Å². The number of likely N-dealkylation sites (N-methyl/N-ethyl adjacent to an activating group) is 1. The first kappa shape index (κ1) is 33.3. The van der Waals surface area contributed by atoms with Crippen LogP contribution in [0.25, 0.3) is 0 Å². The SMILES string of the molecule is C[C@@H]1C[C@H](C)C[C@H](C)[C@@H](O)CC(=O)O[C@H]([C@@H]2CCC[C@H]2C(=O)N2CCN(C)CC2)C/C=C/C=C(/C#N)[C@H](O)[C@@H](C)C1. The van der Waals surface area contributed by atoms with E-state index in [1.807, 2.05) is 24.8 Å². The average molecular weight is 572 g/mol. The second-order valence-electron chi connectivity index (χ2n) is 13.3. The highest BCUT2D eigenvalue weighted by Crippen LogP contribution is 2.38. The van der Waals surface area contributed by atoms with Crippen molar-refractivity contribution in [3.8, 4) is 6.07 Å². The summed E-state index contributed by atoms with van der Waals surface area (Å²) in [4.78, 5) is 30.9. The van der Waals surface area contributed by atoms with Crippen LogP contribution in [0.5, 0.6) is 0 Å². The highest BCUT2D eigenvalue weighted by molar-refractivity contribution is 5.80. The van der Waals surface area contributed by atoms with Crippen LogP contribution in [0.2, 0.25) is 0 Å².